The van der Waals surface area contributed by atoms with Crippen LogP contribution in [-0.4, -0.2) is 20.4 Å². The summed E-state index contributed by atoms with van der Waals surface area (Å²) in [5.41, 5.74) is 11.0. The lowest BCUT2D eigenvalue weighted by molar-refractivity contribution is 0.581. The van der Waals surface area contributed by atoms with Gasteiger partial charge in [0.1, 0.15) is 0 Å². The van der Waals surface area contributed by atoms with Crippen molar-refractivity contribution in [2.45, 2.75) is 156 Å². The van der Waals surface area contributed by atoms with E-state index >= 15 is 0 Å². The van der Waals surface area contributed by atoms with Crippen LogP contribution in [0.4, 0.5) is 0 Å². The highest BCUT2D eigenvalue weighted by atomic mass is 32.1. The largest absolute Gasteiger partial charge is 0.416 e. The summed E-state index contributed by atoms with van der Waals surface area (Å²) in [6.45, 7) is 17.9. The van der Waals surface area contributed by atoms with Crippen LogP contribution in [0.5, 0.6) is 0 Å². The Morgan fingerprint density at radius 3 is 1.15 bits per heavy atom. The van der Waals surface area contributed by atoms with Crippen LogP contribution < -0.4 is 0 Å². The van der Waals surface area contributed by atoms with Crippen LogP contribution in [0.2, 0.25) is 0 Å². The molecule has 8 heteroatoms. The van der Waals surface area contributed by atoms with Gasteiger partial charge in [-0.2, -0.15) is 0 Å². The van der Waals surface area contributed by atoms with Crippen molar-refractivity contribution in [3.05, 3.63) is 106 Å². The average molecular weight is 867 g/mol. The third-order valence-electron chi connectivity index (χ3n) is 12.0. The molecule has 4 heterocycles. The number of nitrogens with zero attached hydrogens (tertiary/aromatic N) is 4. The van der Waals surface area contributed by atoms with E-state index < -0.39 is 0 Å². The lowest BCUT2D eigenvalue weighted by atomic mass is 9.87. The minimum absolute atomic E-state index is 0.0468. The van der Waals surface area contributed by atoms with Gasteiger partial charge >= 0.3 is 0 Å². The molecular formula is C54H66N4O2S2. The van der Waals surface area contributed by atoms with E-state index in [4.69, 9.17) is 19.0 Å². The Hall–Kier alpha value is -4.66. The molecule has 0 atom stereocenters. The van der Waals surface area contributed by atoms with Gasteiger partial charge in [-0.25, -0.2) is 0 Å². The quantitative estimate of drug-likeness (QED) is 0.0710. The number of aromatic nitrogens is 4. The third-order valence-corrected chi connectivity index (χ3v) is 14.0. The molecule has 0 aliphatic heterocycles. The summed E-state index contributed by atoms with van der Waals surface area (Å²) in [4.78, 5) is 2.43. The second-order valence-electron chi connectivity index (χ2n) is 19.0. The Morgan fingerprint density at radius 2 is 0.774 bits per heavy atom. The van der Waals surface area contributed by atoms with Crippen molar-refractivity contribution in [3.63, 3.8) is 0 Å². The second-order valence-corrected chi connectivity index (χ2v) is 20.8. The number of aryl methyl sites for hydroxylation is 2. The molecule has 0 aliphatic rings. The van der Waals surface area contributed by atoms with Crippen LogP contribution in [0.1, 0.15) is 155 Å². The molecule has 4 aromatic heterocycles. The fourth-order valence-electron chi connectivity index (χ4n) is 8.18. The summed E-state index contributed by atoms with van der Waals surface area (Å²) in [5.74, 6) is 2.02. The molecule has 3 aromatic carbocycles. The van der Waals surface area contributed by atoms with Crippen molar-refractivity contribution >= 4 is 22.7 Å². The Kier molecular flexibility index (Phi) is 15.1. The second kappa shape index (κ2) is 20.7. The number of hydrogen-bond acceptors (Lipinski definition) is 8. The fraction of sp³-hybridized carbons (Fsp3) is 0.444. The summed E-state index contributed by atoms with van der Waals surface area (Å²) < 4.78 is 13.4. The first-order valence-corrected chi connectivity index (χ1v) is 24.9. The summed E-state index contributed by atoms with van der Waals surface area (Å²) in [5, 5.41) is 23.3. The lowest BCUT2D eigenvalue weighted by Gasteiger charge is -2.18. The fourth-order valence-corrected chi connectivity index (χ4v) is 10.2. The maximum Gasteiger partial charge on any atom is 0.248 e. The van der Waals surface area contributed by atoms with Gasteiger partial charge in [-0.15, -0.1) is 43.1 Å². The smallest absolute Gasteiger partial charge is 0.248 e. The first-order chi connectivity index (χ1) is 29.9. The van der Waals surface area contributed by atoms with Crippen molar-refractivity contribution in [1.82, 2.24) is 20.4 Å². The molecule has 0 N–H and O–H groups in total. The van der Waals surface area contributed by atoms with Crippen molar-refractivity contribution in [2.75, 3.05) is 0 Å². The number of hydrogen-bond donors (Lipinski definition) is 0. The van der Waals surface area contributed by atoms with Gasteiger partial charge in [0, 0.05) is 43.1 Å². The Labute approximate surface area is 378 Å². The molecule has 6 nitrogen and oxygen atoms in total. The molecule has 0 radical (unpaired) electrons. The monoisotopic (exact) mass is 866 g/mol. The van der Waals surface area contributed by atoms with Gasteiger partial charge < -0.3 is 8.83 Å². The van der Waals surface area contributed by atoms with E-state index in [-0.39, 0.29) is 10.8 Å². The molecule has 0 bridgehead atoms. The zero-order chi connectivity index (χ0) is 43.7. The van der Waals surface area contributed by atoms with Crippen molar-refractivity contribution < 1.29 is 8.83 Å². The number of thiophene rings is 2. The van der Waals surface area contributed by atoms with E-state index in [0.29, 0.717) is 23.6 Å². The summed E-state index contributed by atoms with van der Waals surface area (Å²) in [7, 11) is 0. The predicted octanol–water partition coefficient (Wildman–Crippen LogP) is 17.0. The molecule has 0 saturated carbocycles. The average Bonchev–Trinajstić information content (AvgIpc) is 4.11. The minimum atomic E-state index is 0.0468. The van der Waals surface area contributed by atoms with Gasteiger partial charge in [-0.05, 0) is 118 Å². The molecule has 0 amide bonds. The maximum atomic E-state index is 6.69. The molecule has 0 aliphatic carbocycles. The van der Waals surface area contributed by atoms with Gasteiger partial charge in [0.15, 0.2) is 0 Å². The normalized spacial score (nSPS) is 12.1. The highest BCUT2D eigenvalue weighted by Crippen LogP contribution is 2.47. The van der Waals surface area contributed by atoms with E-state index in [2.05, 4.69) is 149 Å². The number of rotatable bonds is 20. The molecule has 7 aromatic rings. The van der Waals surface area contributed by atoms with Crippen LogP contribution in [0.3, 0.4) is 0 Å². The molecule has 0 unspecified atom stereocenters. The van der Waals surface area contributed by atoms with E-state index in [1.165, 1.54) is 96.2 Å². The molecule has 0 saturated heterocycles. The summed E-state index contributed by atoms with van der Waals surface area (Å²) in [6, 6.07) is 26.1. The topological polar surface area (TPSA) is 77.8 Å². The van der Waals surface area contributed by atoms with Crippen molar-refractivity contribution in [3.8, 4) is 66.7 Å². The molecular weight excluding hydrogens is 801 g/mol. The van der Waals surface area contributed by atoms with E-state index in [0.717, 1.165) is 59.1 Å². The van der Waals surface area contributed by atoms with Crippen LogP contribution in [0.25, 0.3) is 66.7 Å². The molecule has 0 spiro atoms. The summed E-state index contributed by atoms with van der Waals surface area (Å²) in [6.07, 6.45) is 17.1. The standard InChI is InChI=1S/C54H66N4O2S2/c1-9-11-13-15-17-19-21-37-31-33-61-47(37)43-35-46(52-58-56-50(60-52)40-25-29-42(30-26-40)54(6,7)8)44(48-38(32-34-62-48)22-20-18-16-14-12-10-2)36-45(43)51-57-55-49(59-51)39-23-27-41(28-24-39)53(3,4)5/h23-36H,9-22H2,1-8H3. The lowest BCUT2D eigenvalue weighted by Crippen LogP contribution is -2.10. The molecule has 7 rings (SSSR count). The zero-order valence-electron chi connectivity index (χ0n) is 38.4. The molecule has 62 heavy (non-hydrogen) atoms. The van der Waals surface area contributed by atoms with Gasteiger partial charge in [-0.1, -0.05) is 144 Å². The van der Waals surface area contributed by atoms with Crippen LogP contribution in [-0.2, 0) is 23.7 Å². The summed E-state index contributed by atoms with van der Waals surface area (Å²) >= 11 is 3.54. The van der Waals surface area contributed by atoms with Crippen LogP contribution in [0.15, 0.2) is 92.4 Å². The van der Waals surface area contributed by atoms with Crippen molar-refractivity contribution in [1.29, 1.82) is 0 Å². The first kappa shape index (κ1) is 45.4. The van der Waals surface area contributed by atoms with E-state index in [9.17, 15) is 0 Å². The molecule has 326 valence electrons. The van der Waals surface area contributed by atoms with Gasteiger partial charge in [0.2, 0.25) is 23.6 Å². The zero-order valence-corrected chi connectivity index (χ0v) is 40.0. The Balaban J connectivity index is 1.35. The van der Waals surface area contributed by atoms with Gasteiger partial charge in [-0.3, -0.25) is 0 Å². The molecule has 0 fully saturated rings. The van der Waals surface area contributed by atoms with Gasteiger partial charge in [0.25, 0.3) is 0 Å². The van der Waals surface area contributed by atoms with Crippen LogP contribution in [0, 0.1) is 0 Å². The van der Waals surface area contributed by atoms with Crippen molar-refractivity contribution in [2.24, 2.45) is 0 Å². The van der Waals surface area contributed by atoms with Crippen LogP contribution >= 0.6 is 22.7 Å². The minimum Gasteiger partial charge on any atom is -0.416 e. The highest BCUT2D eigenvalue weighted by Gasteiger charge is 2.26. The number of benzene rings is 3. The van der Waals surface area contributed by atoms with Gasteiger partial charge in [0.05, 0.1) is 0 Å². The Bertz CT molecular complexity index is 2300. The predicted molar refractivity (Wildman–Crippen MR) is 262 cm³/mol. The van der Waals surface area contributed by atoms with E-state index in [1.807, 2.05) is 0 Å². The third kappa shape index (κ3) is 11.1. The Morgan fingerprint density at radius 1 is 0.419 bits per heavy atom. The number of unbranched alkanes of at least 4 members (excludes halogenated alkanes) is 10. The van der Waals surface area contributed by atoms with E-state index in [1.54, 1.807) is 22.7 Å². The maximum absolute atomic E-state index is 6.69. The highest BCUT2D eigenvalue weighted by molar-refractivity contribution is 7.14. The first-order valence-electron chi connectivity index (χ1n) is 23.2. The SMILES string of the molecule is CCCCCCCCc1ccsc1-c1cc(-c2nnc(-c3ccc(C(C)(C)C)cc3)o2)c(-c2sccc2CCCCCCCC)cc1-c1nnc(-c2ccc(C(C)(C)C)cc2)o1.